The zero-order valence-electron chi connectivity index (χ0n) is 16.0. The van der Waals surface area contributed by atoms with Crippen LogP contribution in [0.25, 0.3) is 0 Å². The van der Waals surface area contributed by atoms with Gasteiger partial charge in [-0.25, -0.2) is 0 Å². The monoisotopic (exact) mass is 372 g/mol. The van der Waals surface area contributed by atoms with Gasteiger partial charge in [-0.05, 0) is 39.3 Å². The van der Waals surface area contributed by atoms with Gasteiger partial charge in [0, 0.05) is 6.42 Å². The zero-order valence-corrected chi connectivity index (χ0v) is 16.0. The van der Waals surface area contributed by atoms with Gasteiger partial charge < -0.3 is 9.57 Å². The average Bonchev–Trinajstić information content (AvgIpc) is 3.13. The third kappa shape index (κ3) is 3.86. The quantitative estimate of drug-likeness (QED) is 0.586. The SMILES string of the molecule is CCC(C1=NOC(CC(=O)OC(C)(C)C)C1)N1C(=O)c2ccccc2C1=O. The first kappa shape index (κ1) is 19.1. The van der Waals surface area contributed by atoms with Gasteiger partial charge >= 0.3 is 5.97 Å². The molecule has 0 aliphatic carbocycles. The summed E-state index contributed by atoms with van der Waals surface area (Å²) in [7, 11) is 0. The lowest BCUT2D eigenvalue weighted by Gasteiger charge is -2.24. The molecule has 2 atom stereocenters. The fourth-order valence-corrected chi connectivity index (χ4v) is 3.38. The predicted molar refractivity (Wildman–Crippen MR) is 98.4 cm³/mol. The predicted octanol–water partition coefficient (Wildman–Crippen LogP) is 2.94. The number of rotatable bonds is 5. The number of benzene rings is 1. The van der Waals surface area contributed by atoms with E-state index in [4.69, 9.17) is 9.57 Å². The molecule has 0 spiro atoms. The van der Waals surface area contributed by atoms with Crippen LogP contribution in [0.5, 0.6) is 0 Å². The highest BCUT2D eigenvalue weighted by Gasteiger charge is 2.42. The fourth-order valence-electron chi connectivity index (χ4n) is 3.38. The molecule has 0 bridgehead atoms. The summed E-state index contributed by atoms with van der Waals surface area (Å²) in [5.74, 6) is -1.00. The van der Waals surface area contributed by atoms with E-state index in [0.29, 0.717) is 29.7 Å². The lowest BCUT2D eigenvalue weighted by molar-refractivity contribution is -0.157. The van der Waals surface area contributed by atoms with Gasteiger partial charge in [0.1, 0.15) is 11.7 Å². The number of amides is 2. The van der Waals surface area contributed by atoms with Gasteiger partial charge in [0.15, 0.2) is 0 Å². The molecule has 2 amide bonds. The molecule has 0 aromatic heterocycles. The van der Waals surface area contributed by atoms with Crippen LogP contribution in [0.2, 0.25) is 0 Å². The van der Waals surface area contributed by atoms with Gasteiger partial charge in [0.25, 0.3) is 11.8 Å². The number of carbonyl (C=O) groups excluding carboxylic acids is 3. The molecular weight excluding hydrogens is 348 g/mol. The summed E-state index contributed by atoms with van der Waals surface area (Å²) in [5.41, 5.74) is 0.850. The number of ether oxygens (including phenoxy) is 1. The molecule has 0 N–H and O–H groups in total. The lowest BCUT2D eigenvalue weighted by atomic mass is 10.0. The molecule has 0 fully saturated rings. The number of carbonyl (C=O) groups is 3. The molecule has 2 unspecified atom stereocenters. The summed E-state index contributed by atoms with van der Waals surface area (Å²) in [4.78, 5) is 44.1. The van der Waals surface area contributed by atoms with Gasteiger partial charge in [-0.3, -0.25) is 19.3 Å². The van der Waals surface area contributed by atoms with Crippen molar-refractivity contribution in [3.63, 3.8) is 0 Å². The largest absolute Gasteiger partial charge is 0.460 e. The Morgan fingerprint density at radius 2 is 1.85 bits per heavy atom. The number of nitrogens with zero attached hydrogens (tertiary/aromatic N) is 2. The molecular formula is C20H24N2O5. The van der Waals surface area contributed by atoms with Crippen molar-refractivity contribution in [3.05, 3.63) is 35.4 Å². The van der Waals surface area contributed by atoms with Crippen LogP contribution in [-0.4, -0.2) is 46.1 Å². The highest BCUT2D eigenvalue weighted by molar-refractivity contribution is 6.23. The van der Waals surface area contributed by atoms with Gasteiger partial charge in [-0.15, -0.1) is 0 Å². The van der Waals surface area contributed by atoms with Crippen LogP contribution in [0, 0.1) is 0 Å². The molecule has 1 aromatic carbocycles. The van der Waals surface area contributed by atoms with Crippen molar-refractivity contribution >= 4 is 23.5 Å². The van der Waals surface area contributed by atoms with Gasteiger partial charge in [0.2, 0.25) is 0 Å². The molecule has 3 rings (SSSR count). The van der Waals surface area contributed by atoms with Crippen molar-refractivity contribution in [1.82, 2.24) is 4.90 Å². The van der Waals surface area contributed by atoms with Crippen LogP contribution in [0.1, 0.15) is 67.7 Å². The van der Waals surface area contributed by atoms with Gasteiger partial charge in [-0.1, -0.05) is 24.2 Å². The maximum atomic E-state index is 12.7. The third-order valence-electron chi connectivity index (χ3n) is 4.48. The number of esters is 1. The maximum Gasteiger partial charge on any atom is 0.310 e. The highest BCUT2D eigenvalue weighted by Crippen LogP contribution is 2.29. The Morgan fingerprint density at radius 1 is 1.26 bits per heavy atom. The van der Waals surface area contributed by atoms with Crippen molar-refractivity contribution < 1.29 is 24.0 Å². The Hall–Kier alpha value is -2.70. The van der Waals surface area contributed by atoms with Crippen LogP contribution in [0.4, 0.5) is 0 Å². The van der Waals surface area contributed by atoms with Crippen molar-refractivity contribution in [2.75, 3.05) is 0 Å². The van der Waals surface area contributed by atoms with Crippen LogP contribution < -0.4 is 0 Å². The molecule has 7 nitrogen and oxygen atoms in total. The molecule has 2 aliphatic rings. The minimum Gasteiger partial charge on any atom is -0.460 e. The Balaban J connectivity index is 1.69. The Bertz CT molecular complexity index is 774. The molecule has 2 heterocycles. The van der Waals surface area contributed by atoms with E-state index in [1.165, 1.54) is 4.90 Å². The summed E-state index contributed by atoms with van der Waals surface area (Å²) in [6.07, 6.45) is 0.528. The number of imide groups is 1. The van der Waals surface area contributed by atoms with E-state index in [9.17, 15) is 14.4 Å². The van der Waals surface area contributed by atoms with Crippen molar-refractivity contribution in [3.8, 4) is 0 Å². The molecule has 7 heteroatoms. The minimum absolute atomic E-state index is 0.0722. The maximum absolute atomic E-state index is 12.7. The van der Waals surface area contributed by atoms with Crippen LogP contribution in [0.15, 0.2) is 29.4 Å². The number of hydrogen-bond acceptors (Lipinski definition) is 6. The Kier molecular flexibility index (Phi) is 5.04. The normalized spacial score (nSPS) is 20.2. The first-order valence-corrected chi connectivity index (χ1v) is 9.12. The van der Waals surface area contributed by atoms with Crippen LogP contribution in [0.3, 0.4) is 0 Å². The van der Waals surface area contributed by atoms with E-state index in [0.717, 1.165) is 0 Å². The van der Waals surface area contributed by atoms with Gasteiger partial charge in [-0.2, -0.15) is 0 Å². The Morgan fingerprint density at radius 3 is 2.37 bits per heavy atom. The number of oxime groups is 1. The van der Waals surface area contributed by atoms with Gasteiger partial charge in [0.05, 0.1) is 29.3 Å². The molecule has 0 saturated heterocycles. The second-order valence-electron chi connectivity index (χ2n) is 7.75. The van der Waals surface area contributed by atoms with E-state index >= 15 is 0 Å². The van der Waals surface area contributed by atoms with Crippen molar-refractivity contribution in [1.29, 1.82) is 0 Å². The van der Waals surface area contributed by atoms with E-state index in [-0.39, 0.29) is 24.2 Å². The Labute approximate surface area is 158 Å². The van der Waals surface area contributed by atoms with Crippen molar-refractivity contribution in [2.24, 2.45) is 5.16 Å². The third-order valence-corrected chi connectivity index (χ3v) is 4.48. The molecule has 0 saturated carbocycles. The van der Waals surface area contributed by atoms with E-state index in [1.54, 1.807) is 45.0 Å². The summed E-state index contributed by atoms with van der Waals surface area (Å²) < 4.78 is 5.31. The highest BCUT2D eigenvalue weighted by atomic mass is 16.6. The van der Waals surface area contributed by atoms with Crippen LogP contribution in [-0.2, 0) is 14.4 Å². The topological polar surface area (TPSA) is 85.3 Å². The van der Waals surface area contributed by atoms with E-state index < -0.39 is 17.7 Å². The lowest BCUT2D eigenvalue weighted by Crippen LogP contribution is -2.44. The fraction of sp³-hybridized carbons (Fsp3) is 0.500. The van der Waals surface area contributed by atoms with E-state index in [2.05, 4.69) is 5.16 Å². The molecule has 27 heavy (non-hydrogen) atoms. The summed E-state index contributed by atoms with van der Waals surface area (Å²) in [6, 6.07) is 6.30. The molecule has 144 valence electrons. The smallest absolute Gasteiger partial charge is 0.310 e. The second kappa shape index (κ2) is 7.13. The summed E-state index contributed by atoms with van der Waals surface area (Å²) >= 11 is 0. The summed E-state index contributed by atoms with van der Waals surface area (Å²) in [5, 5.41) is 4.08. The first-order valence-electron chi connectivity index (χ1n) is 9.12. The molecule has 1 aromatic rings. The number of hydrogen-bond donors (Lipinski definition) is 0. The van der Waals surface area contributed by atoms with E-state index in [1.807, 2.05) is 6.92 Å². The second-order valence-corrected chi connectivity index (χ2v) is 7.75. The van der Waals surface area contributed by atoms with Crippen LogP contribution >= 0.6 is 0 Å². The standard InChI is InChI=1S/C20H24N2O5/c1-5-16(22-18(24)13-8-6-7-9-14(13)19(22)25)15-10-12(27-21-15)11-17(23)26-20(2,3)4/h6-9,12,16H,5,10-11H2,1-4H3. The minimum atomic E-state index is -0.564. The average molecular weight is 372 g/mol. The zero-order chi connectivity index (χ0) is 19.8. The molecule has 0 radical (unpaired) electrons. The number of fused-ring (bicyclic) bond motifs is 1. The summed E-state index contributed by atoms with van der Waals surface area (Å²) in [6.45, 7) is 7.30. The molecule has 2 aliphatic heterocycles. The van der Waals surface area contributed by atoms with Crippen molar-refractivity contribution in [2.45, 2.75) is 64.7 Å². The first-order chi connectivity index (χ1) is 12.7.